The summed E-state index contributed by atoms with van der Waals surface area (Å²) in [5, 5.41) is 8.31. The van der Waals surface area contributed by atoms with Crippen molar-refractivity contribution in [3.05, 3.63) is 30.6 Å². The number of amidine groups is 1. The van der Waals surface area contributed by atoms with Gasteiger partial charge in [0.1, 0.15) is 23.9 Å². The zero-order chi connectivity index (χ0) is 13.9. The number of aliphatic imine (C=N–C) groups is 2. The molecule has 0 radical (unpaired) electrons. The molecule has 7 nitrogen and oxygen atoms in total. The van der Waals surface area contributed by atoms with Crippen molar-refractivity contribution in [2.24, 2.45) is 15.1 Å². The Bertz CT molecular complexity index is 654. The fourth-order valence-electron chi connectivity index (χ4n) is 1.90. The van der Waals surface area contributed by atoms with Gasteiger partial charge in [-0.2, -0.15) is 4.99 Å². The van der Waals surface area contributed by atoms with Crippen molar-refractivity contribution in [1.82, 2.24) is 0 Å². The predicted molar refractivity (Wildman–Crippen MR) is 76.6 cm³/mol. The maximum atomic E-state index is 5.31. The molecular weight excluding hydrogens is 294 g/mol. The van der Waals surface area contributed by atoms with Gasteiger partial charge in [-0.05, 0) is 17.2 Å². The fraction of sp³-hybridized carbons (Fsp3) is 0.154. The number of nitrogens with zero attached hydrogens (tertiary/aromatic N) is 3. The molecule has 2 N–H and O–H groups in total. The first-order valence-corrected chi connectivity index (χ1v) is 6.03. The van der Waals surface area contributed by atoms with Crippen molar-refractivity contribution in [2.75, 3.05) is 19.5 Å². The summed E-state index contributed by atoms with van der Waals surface area (Å²) in [6.07, 6.45) is 5.18. The second kappa shape index (κ2) is 6.38. The summed E-state index contributed by atoms with van der Waals surface area (Å²) in [5.41, 5.74) is 0.745. The molecule has 21 heavy (non-hydrogen) atoms. The number of rotatable bonds is 3. The Kier molecular flexibility index (Phi) is 4.56. The number of fused-ring (bicyclic) bond motifs is 1. The molecule has 0 fully saturated rings. The summed E-state index contributed by atoms with van der Waals surface area (Å²) >= 11 is 0. The van der Waals surface area contributed by atoms with E-state index < -0.39 is 0 Å². The van der Waals surface area contributed by atoms with Gasteiger partial charge in [0.15, 0.2) is 0 Å². The lowest BCUT2D eigenvalue weighted by molar-refractivity contribution is -0.748. The summed E-state index contributed by atoms with van der Waals surface area (Å²) in [7, 11) is 3.23. The van der Waals surface area contributed by atoms with Gasteiger partial charge in [-0.1, -0.05) is 0 Å². The summed E-state index contributed by atoms with van der Waals surface area (Å²) in [6, 6.07) is 5.49. The zero-order valence-corrected chi connectivity index (χ0v) is 12.3. The van der Waals surface area contributed by atoms with Gasteiger partial charge >= 0.3 is 0 Å². The third-order valence-corrected chi connectivity index (χ3v) is 2.88. The smallest absolute Gasteiger partial charge is 0.287 e. The SMILES string of the molecule is COc1ccc(OC)c(NC2=N[NH+]3C=CN=CC3=N2)c1.[Cl-]. The van der Waals surface area contributed by atoms with E-state index in [4.69, 9.17) is 9.47 Å². The molecule has 2 aliphatic heterocycles. The maximum Gasteiger partial charge on any atom is 0.287 e. The van der Waals surface area contributed by atoms with E-state index in [9.17, 15) is 0 Å². The van der Waals surface area contributed by atoms with Crippen LogP contribution in [0.1, 0.15) is 0 Å². The van der Waals surface area contributed by atoms with Gasteiger partial charge in [-0.25, -0.2) is 0 Å². The first-order valence-electron chi connectivity index (χ1n) is 6.03. The van der Waals surface area contributed by atoms with Crippen molar-refractivity contribution in [1.29, 1.82) is 0 Å². The van der Waals surface area contributed by atoms with Crippen LogP contribution in [0.25, 0.3) is 0 Å². The van der Waals surface area contributed by atoms with Crippen LogP contribution in [-0.2, 0) is 0 Å². The molecule has 0 amide bonds. The molecule has 110 valence electrons. The van der Waals surface area contributed by atoms with Crippen LogP contribution < -0.4 is 32.2 Å². The number of anilines is 1. The standard InChI is InChI=1S/C13H13N5O2.ClH/c1-19-9-3-4-11(20-2)10(7-9)15-13-16-12-8-14-5-6-18(12)17-13;/h3-8H,1-2H3,(H,15,17);1H. The van der Waals surface area contributed by atoms with Crippen LogP contribution in [0.2, 0.25) is 0 Å². The quantitative estimate of drug-likeness (QED) is 0.636. The molecule has 0 saturated carbocycles. The van der Waals surface area contributed by atoms with Gasteiger partial charge < -0.3 is 27.2 Å². The third kappa shape index (κ3) is 3.04. The molecular formula is C13H14ClN5O2. The average Bonchev–Trinajstić information content (AvgIpc) is 2.89. The number of benzene rings is 1. The molecule has 0 spiro atoms. The highest BCUT2D eigenvalue weighted by Crippen LogP contribution is 2.28. The van der Waals surface area contributed by atoms with Gasteiger partial charge in [0.05, 0.1) is 26.1 Å². The Labute approximate surface area is 128 Å². The number of ether oxygens (including phenoxy) is 2. The van der Waals surface area contributed by atoms with E-state index in [0.717, 1.165) is 22.3 Å². The number of guanidine groups is 1. The van der Waals surface area contributed by atoms with Crippen LogP contribution in [-0.4, -0.2) is 32.2 Å². The molecule has 8 heteroatoms. The summed E-state index contributed by atoms with van der Waals surface area (Å²) < 4.78 is 10.5. The highest BCUT2D eigenvalue weighted by atomic mass is 35.5. The Morgan fingerprint density at radius 2 is 2.05 bits per heavy atom. The molecule has 0 aliphatic carbocycles. The van der Waals surface area contributed by atoms with Gasteiger partial charge in [-0.3, -0.25) is 4.99 Å². The number of methoxy groups -OCH3 is 2. The van der Waals surface area contributed by atoms with E-state index in [0.29, 0.717) is 11.7 Å². The van der Waals surface area contributed by atoms with Crippen molar-refractivity contribution < 1.29 is 26.9 Å². The molecule has 1 aromatic rings. The molecule has 1 aromatic carbocycles. The molecule has 0 bridgehead atoms. The number of quaternary nitrogens is 1. The van der Waals surface area contributed by atoms with E-state index in [1.165, 1.54) is 0 Å². The second-order valence-electron chi connectivity index (χ2n) is 4.10. The summed E-state index contributed by atoms with van der Waals surface area (Å²) in [6.45, 7) is 0. The third-order valence-electron chi connectivity index (χ3n) is 2.88. The molecule has 3 rings (SSSR count). The largest absolute Gasteiger partial charge is 1.00 e. The molecule has 1 unspecified atom stereocenters. The molecule has 2 heterocycles. The van der Waals surface area contributed by atoms with Crippen molar-refractivity contribution in [3.63, 3.8) is 0 Å². The van der Waals surface area contributed by atoms with Crippen LogP contribution in [0.4, 0.5) is 5.69 Å². The summed E-state index contributed by atoms with van der Waals surface area (Å²) in [4.78, 5) is 8.38. The minimum atomic E-state index is 0. The monoisotopic (exact) mass is 307 g/mol. The van der Waals surface area contributed by atoms with Crippen molar-refractivity contribution in [3.8, 4) is 11.5 Å². The first-order chi connectivity index (χ1) is 9.80. The first kappa shape index (κ1) is 15.0. The highest BCUT2D eigenvalue weighted by molar-refractivity contribution is 6.29. The Morgan fingerprint density at radius 1 is 1.19 bits per heavy atom. The van der Waals surface area contributed by atoms with E-state index in [-0.39, 0.29) is 12.4 Å². The van der Waals surface area contributed by atoms with Gasteiger partial charge in [0, 0.05) is 6.07 Å². The van der Waals surface area contributed by atoms with Crippen LogP contribution in [0.3, 0.4) is 0 Å². The lowest BCUT2D eigenvalue weighted by Gasteiger charge is -2.10. The molecule has 0 aromatic heterocycles. The van der Waals surface area contributed by atoms with E-state index in [1.54, 1.807) is 26.6 Å². The van der Waals surface area contributed by atoms with Crippen molar-refractivity contribution in [2.45, 2.75) is 0 Å². The Balaban J connectivity index is 0.00000161. The van der Waals surface area contributed by atoms with E-state index in [2.05, 4.69) is 20.4 Å². The molecule has 1 atom stereocenters. The van der Waals surface area contributed by atoms with Crippen LogP contribution in [0.15, 0.2) is 45.7 Å². The fourth-order valence-corrected chi connectivity index (χ4v) is 1.90. The minimum Gasteiger partial charge on any atom is -1.00 e. The van der Waals surface area contributed by atoms with Crippen LogP contribution in [0, 0.1) is 0 Å². The second-order valence-corrected chi connectivity index (χ2v) is 4.10. The van der Waals surface area contributed by atoms with Crippen molar-refractivity contribution >= 4 is 23.7 Å². The van der Waals surface area contributed by atoms with Gasteiger partial charge in [0.25, 0.3) is 11.8 Å². The Hall–Kier alpha value is -2.38. The lowest BCUT2D eigenvalue weighted by atomic mass is 10.2. The number of hydrogen-bond acceptors (Lipinski definition) is 6. The van der Waals surface area contributed by atoms with E-state index >= 15 is 0 Å². The van der Waals surface area contributed by atoms with Crippen LogP contribution >= 0.6 is 0 Å². The zero-order valence-electron chi connectivity index (χ0n) is 11.5. The minimum absolute atomic E-state index is 0. The van der Waals surface area contributed by atoms with Crippen LogP contribution in [0.5, 0.6) is 11.5 Å². The van der Waals surface area contributed by atoms with Gasteiger partial charge in [-0.15, -0.1) is 5.01 Å². The maximum absolute atomic E-state index is 5.31. The highest BCUT2D eigenvalue weighted by Gasteiger charge is 2.25. The Morgan fingerprint density at radius 3 is 2.76 bits per heavy atom. The lowest BCUT2D eigenvalue weighted by Crippen LogP contribution is -3.05. The van der Waals surface area contributed by atoms with Gasteiger partial charge in [0.2, 0.25) is 0 Å². The number of nitrogens with one attached hydrogen (secondary N) is 2. The topological polar surface area (TPSA) is 72.0 Å². The number of halogens is 1. The molecule has 0 saturated heterocycles. The normalized spacial score (nSPS) is 18.3. The predicted octanol–water partition coefficient (Wildman–Crippen LogP) is -2.76. The number of hydrogen-bond donors (Lipinski definition) is 2. The average molecular weight is 308 g/mol. The summed E-state index contributed by atoms with van der Waals surface area (Å²) in [5.74, 6) is 2.67. The molecule has 2 aliphatic rings. The van der Waals surface area contributed by atoms with E-state index in [1.807, 2.05) is 24.4 Å².